The zero-order valence-corrected chi connectivity index (χ0v) is 14.0. The summed E-state index contributed by atoms with van der Waals surface area (Å²) >= 11 is 0. The molecular weight excluding hydrogens is 363 g/mol. The lowest BCUT2D eigenvalue weighted by Gasteiger charge is -2.13. The van der Waals surface area contributed by atoms with Gasteiger partial charge in [-0.05, 0) is 19.1 Å². The number of benzene rings is 1. The topological polar surface area (TPSA) is 102 Å². The Kier molecular flexibility index (Phi) is 5.16. The number of hydrogen-bond donors (Lipinski definition) is 1. The fraction of sp³-hybridized carbons (Fsp3) is 0.357. The predicted octanol–water partition coefficient (Wildman–Crippen LogP) is 1.92. The van der Waals surface area contributed by atoms with Gasteiger partial charge in [0.05, 0.1) is 5.75 Å². The highest BCUT2D eigenvalue weighted by molar-refractivity contribution is 7.90. The van der Waals surface area contributed by atoms with E-state index in [1.54, 1.807) is 0 Å². The average molecular weight is 377 g/mol. The zero-order valence-electron chi connectivity index (χ0n) is 13.2. The van der Waals surface area contributed by atoms with Crippen molar-refractivity contribution in [2.24, 2.45) is 0 Å². The Balaban J connectivity index is 2.18. The van der Waals surface area contributed by atoms with Crippen molar-refractivity contribution in [3.05, 3.63) is 35.7 Å². The monoisotopic (exact) mass is 377 g/mol. The summed E-state index contributed by atoms with van der Waals surface area (Å²) in [6.45, 7) is 1.53. The van der Waals surface area contributed by atoms with Crippen molar-refractivity contribution < 1.29 is 30.9 Å². The molecule has 0 aliphatic heterocycles. The van der Waals surface area contributed by atoms with Gasteiger partial charge in [-0.3, -0.25) is 4.79 Å². The first kappa shape index (κ1) is 18.9. The van der Waals surface area contributed by atoms with E-state index in [9.17, 15) is 26.4 Å². The van der Waals surface area contributed by atoms with E-state index < -0.39 is 33.9 Å². The first-order chi connectivity index (χ1) is 11.5. The van der Waals surface area contributed by atoms with Gasteiger partial charge in [0.25, 0.3) is 5.91 Å². The number of aromatic nitrogens is 2. The Morgan fingerprint density at radius 1 is 1.36 bits per heavy atom. The number of hydrogen-bond acceptors (Lipinski definition) is 6. The van der Waals surface area contributed by atoms with Gasteiger partial charge in [-0.15, -0.1) is 0 Å². The first-order valence-electron chi connectivity index (χ1n) is 6.95. The van der Waals surface area contributed by atoms with Crippen LogP contribution in [-0.4, -0.2) is 42.5 Å². The van der Waals surface area contributed by atoms with E-state index in [-0.39, 0.29) is 22.7 Å². The number of amides is 1. The second kappa shape index (κ2) is 6.82. The Bertz CT molecular complexity index is 877. The summed E-state index contributed by atoms with van der Waals surface area (Å²) < 4.78 is 64.1. The van der Waals surface area contributed by atoms with Crippen LogP contribution in [0.1, 0.15) is 23.2 Å². The van der Waals surface area contributed by atoms with E-state index in [4.69, 9.17) is 0 Å². The Labute approximate surface area is 141 Å². The van der Waals surface area contributed by atoms with Gasteiger partial charge >= 0.3 is 12.1 Å². The average Bonchev–Trinajstić information content (AvgIpc) is 2.95. The highest BCUT2D eigenvalue weighted by Gasteiger charge is 2.38. The minimum atomic E-state index is -4.76. The summed E-state index contributed by atoms with van der Waals surface area (Å²) in [7, 11) is -3.27. The van der Waals surface area contributed by atoms with Crippen molar-refractivity contribution in [1.29, 1.82) is 0 Å². The molecule has 7 nitrogen and oxygen atoms in total. The smallest absolute Gasteiger partial charge is 0.349 e. The third-order valence-corrected chi connectivity index (χ3v) is 4.09. The van der Waals surface area contributed by atoms with Crippen LogP contribution in [0.3, 0.4) is 0 Å². The fourth-order valence-electron chi connectivity index (χ4n) is 2.06. The second-order valence-corrected chi connectivity index (χ2v) is 7.65. The molecule has 0 aliphatic rings. The number of sulfone groups is 1. The summed E-state index contributed by atoms with van der Waals surface area (Å²) in [4.78, 5) is 15.4. The highest BCUT2D eigenvalue weighted by Crippen LogP contribution is 2.29. The van der Waals surface area contributed by atoms with Crippen LogP contribution < -0.4 is 5.32 Å². The third-order valence-electron chi connectivity index (χ3n) is 2.98. The lowest BCUT2D eigenvalue weighted by Crippen LogP contribution is -2.37. The molecule has 136 valence electrons. The molecule has 1 aromatic heterocycles. The molecule has 0 spiro atoms. The molecule has 11 heteroatoms. The maximum Gasteiger partial charge on any atom is 0.471 e. The van der Waals surface area contributed by atoms with Gasteiger partial charge in [-0.1, -0.05) is 17.3 Å². The maximum atomic E-state index is 12.5. The van der Waals surface area contributed by atoms with Crippen LogP contribution in [-0.2, 0) is 16.0 Å². The number of nitrogens with zero attached hydrogens (tertiary/aromatic N) is 2. The van der Waals surface area contributed by atoms with Crippen LogP contribution in [0.15, 0.2) is 28.8 Å². The Hall–Kier alpha value is -2.43. The van der Waals surface area contributed by atoms with Crippen molar-refractivity contribution in [2.75, 3.05) is 12.0 Å². The highest BCUT2D eigenvalue weighted by atomic mass is 32.2. The molecule has 1 atom stereocenters. The van der Waals surface area contributed by atoms with Gasteiger partial charge < -0.3 is 9.84 Å². The summed E-state index contributed by atoms with van der Waals surface area (Å²) in [5.74, 6) is -2.61. The molecule has 0 saturated heterocycles. The molecule has 0 radical (unpaired) electrons. The molecule has 1 amide bonds. The minimum absolute atomic E-state index is 0.121. The van der Waals surface area contributed by atoms with E-state index in [1.807, 2.05) is 0 Å². The van der Waals surface area contributed by atoms with Crippen LogP contribution in [0, 0.1) is 0 Å². The zero-order chi connectivity index (χ0) is 18.8. The van der Waals surface area contributed by atoms with Gasteiger partial charge in [0, 0.05) is 23.4 Å². The number of alkyl halides is 3. The van der Waals surface area contributed by atoms with E-state index in [0.717, 1.165) is 6.26 Å². The fourth-order valence-corrected chi connectivity index (χ4v) is 3.05. The van der Waals surface area contributed by atoms with Gasteiger partial charge in [-0.25, -0.2) is 8.42 Å². The van der Waals surface area contributed by atoms with Crippen molar-refractivity contribution >= 4 is 15.7 Å². The molecule has 0 fully saturated rings. The van der Waals surface area contributed by atoms with E-state index in [1.165, 1.54) is 31.2 Å². The van der Waals surface area contributed by atoms with Gasteiger partial charge in [0.2, 0.25) is 5.82 Å². The van der Waals surface area contributed by atoms with Crippen LogP contribution in [0.2, 0.25) is 0 Å². The normalized spacial score (nSPS) is 13.5. The van der Waals surface area contributed by atoms with Crippen molar-refractivity contribution in [1.82, 2.24) is 15.5 Å². The SMILES string of the molecule is C[C@@H](CS(C)(=O)=O)NC(=O)c1cccc(-c2noc(C(F)(F)F)n2)c1. The molecular formula is C14H14F3N3O4S. The van der Waals surface area contributed by atoms with Crippen molar-refractivity contribution in [3.8, 4) is 11.4 Å². The molecule has 0 bridgehead atoms. The van der Waals surface area contributed by atoms with E-state index in [2.05, 4.69) is 20.0 Å². The van der Waals surface area contributed by atoms with Gasteiger partial charge in [0.1, 0.15) is 9.84 Å². The Morgan fingerprint density at radius 3 is 2.60 bits per heavy atom. The van der Waals surface area contributed by atoms with Crippen molar-refractivity contribution in [2.45, 2.75) is 19.1 Å². The molecule has 0 saturated carbocycles. The van der Waals surface area contributed by atoms with Crippen molar-refractivity contribution in [3.63, 3.8) is 0 Å². The Morgan fingerprint density at radius 2 is 2.04 bits per heavy atom. The lowest BCUT2D eigenvalue weighted by molar-refractivity contribution is -0.159. The summed E-state index contributed by atoms with van der Waals surface area (Å²) in [6.07, 6.45) is -3.72. The molecule has 2 rings (SSSR count). The van der Waals surface area contributed by atoms with E-state index >= 15 is 0 Å². The molecule has 1 aromatic carbocycles. The maximum absolute atomic E-state index is 12.5. The number of rotatable bonds is 5. The molecule has 0 unspecified atom stereocenters. The van der Waals surface area contributed by atoms with E-state index in [0.29, 0.717) is 0 Å². The summed E-state index contributed by atoms with van der Waals surface area (Å²) in [6, 6.07) is 4.94. The molecule has 0 aliphatic carbocycles. The van der Waals surface area contributed by atoms with Gasteiger partial charge in [-0.2, -0.15) is 18.2 Å². The number of halogens is 3. The standard InChI is InChI=1S/C14H14F3N3O4S/c1-8(7-25(2,22)23)18-12(21)10-5-3-4-9(6-10)11-19-13(24-20-11)14(15,16)17/h3-6,8H,7H2,1-2H3,(H,18,21)/t8-/m0/s1. The third kappa shape index (κ3) is 5.28. The number of carbonyl (C=O) groups excluding carboxylic acids is 1. The number of carbonyl (C=O) groups is 1. The molecule has 2 aromatic rings. The predicted molar refractivity (Wildman–Crippen MR) is 81.4 cm³/mol. The minimum Gasteiger partial charge on any atom is -0.349 e. The van der Waals surface area contributed by atoms with Crippen LogP contribution >= 0.6 is 0 Å². The van der Waals surface area contributed by atoms with Gasteiger partial charge in [0.15, 0.2) is 0 Å². The van der Waals surface area contributed by atoms with Crippen LogP contribution in [0.25, 0.3) is 11.4 Å². The largest absolute Gasteiger partial charge is 0.471 e. The summed E-state index contributed by atoms with van der Waals surface area (Å²) in [5.41, 5.74) is 0.277. The van der Waals surface area contributed by atoms with Crippen LogP contribution in [0.5, 0.6) is 0 Å². The first-order valence-corrected chi connectivity index (χ1v) is 9.02. The van der Waals surface area contributed by atoms with Crippen LogP contribution in [0.4, 0.5) is 13.2 Å². The molecule has 1 N–H and O–H groups in total. The second-order valence-electron chi connectivity index (χ2n) is 5.47. The lowest BCUT2D eigenvalue weighted by atomic mass is 10.1. The number of nitrogens with one attached hydrogen (secondary N) is 1. The quantitative estimate of drug-likeness (QED) is 0.854. The summed E-state index contributed by atoms with van der Waals surface area (Å²) in [5, 5.41) is 5.74. The molecule has 25 heavy (non-hydrogen) atoms. The molecule has 1 heterocycles.